The van der Waals surface area contributed by atoms with Crippen molar-refractivity contribution < 1.29 is 14.6 Å². The van der Waals surface area contributed by atoms with Crippen molar-refractivity contribution >= 4 is 12.0 Å². The van der Waals surface area contributed by atoms with Crippen LogP contribution >= 0.6 is 0 Å². The van der Waals surface area contributed by atoms with Gasteiger partial charge in [0.2, 0.25) is 5.91 Å². The van der Waals surface area contributed by atoms with Crippen molar-refractivity contribution in [3.05, 3.63) is 70.8 Å². The van der Waals surface area contributed by atoms with Gasteiger partial charge in [0.05, 0.1) is 7.11 Å². The fourth-order valence-corrected chi connectivity index (χ4v) is 5.74. The van der Waals surface area contributed by atoms with Crippen LogP contribution in [0.3, 0.4) is 0 Å². The number of carbonyl (C=O) groups excluding carboxylic acids is 1. The van der Waals surface area contributed by atoms with E-state index in [4.69, 9.17) is 4.74 Å². The third-order valence-corrected chi connectivity index (χ3v) is 8.37. The highest BCUT2D eigenvalue weighted by molar-refractivity contribution is 5.91. The first-order chi connectivity index (χ1) is 17.5. The van der Waals surface area contributed by atoms with Crippen LogP contribution in [0.25, 0.3) is 6.08 Å². The fraction of sp³-hybridized carbons (Fsp3) is 0.516. The van der Waals surface area contributed by atoms with E-state index < -0.39 is 0 Å². The van der Waals surface area contributed by atoms with Crippen LogP contribution in [-0.4, -0.2) is 67.3 Å². The Morgan fingerprint density at radius 3 is 2.31 bits per heavy atom. The zero-order chi connectivity index (χ0) is 25.5. The summed E-state index contributed by atoms with van der Waals surface area (Å²) >= 11 is 0. The van der Waals surface area contributed by atoms with Crippen molar-refractivity contribution in [3.63, 3.8) is 0 Å². The van der Waals surface area contributed by atoms with E-state index in [0.717, 1.165) is 69.7 Å². The molecule has 2 aliphatic rings. The van der Waals surface area contributed by atoms with Gasteiger partial charge in [-0.3, -0.25) is 4.79 Å². The molecule has 0 aliphatic carbocycles. The molecule has 1 unspecified atom stereocenters. The molecule has 1 N–H and O–H groups in total. The molecular formula is C31H42N2O3. The summed E-state index contributed by atoms with van der Waals surface area (Å²) in [6.07, 6.45) is 7.88. The maximum absolute atomic E-state index is 12.7. The molecule has 1 atom stereocenters. The molecule has 5 heteroatoms. The van der Waals surface area contributed by atoms with Crippen molar-refractivity contribution in [2.45, 2.75) is 45.4 Å². The second-order valence-electron chi connectivity index (χ2n) is 10.6. The molecule has 0 spiro atoms. The van der Waals surface area contributed by atoms with Crippen molar-refractivity contribution in [3.8, 4) is 5.75 Å². The number of likely N-dealkylation sites (tertiary alicyclic amines) is 2. The molecule has 0 saturated carbocycles. The van der Waals surface area contributed by atoms with Gasteiger partial charge in [0, 0.05) is 32.3 Å². The van der Waals surface area contributed by atoms with Crippen LogP contribution in [0, 0.1) is 25.7 Å². The average molecular weight is 491 g/mol. The van der Waals surface area contributed by atoms with E-state index in [1.54, 1.807) is 13.2 Å². The van der Waals surface area contributed by atoms with Gasteiger partial charge in [-0.15, -0.1) is 0 Å². The normalized spacial score (nSPS) is 19.1. The number of nitrogens with zero attached hydrogens (tertiary/aromatic N) is 2. The maximum Gasteiger partial charge on any atom is 0.246 e. The summed E-state index contributed by atoms with van der Waals surface area (Å²) in [6, 6.07) is 14.8. The van der Waals surface area contributed by atoms with Crippen LogP contribution in [0.4, 0.5) is 0 Å². The van der Waals surface area contributed by atoms with Crippen LogP contribution in [0.1, 0.15) is 53.9 Å². The summed E-state index contributed by atoms with van der Waals surface area (Å²) in [5.74, 6) is 2.36. The number of aryl methyl sites for hydroxylation is 2. The minimum absolute atomic E-state index is 0.0906. The SMILES string of the molecule is COc1ccc(C2CCN(CC(CO)C3CCN(C(=O)/C=C/c4ccc(C)c(C)c4)CC3)CC2)cc1. The van der Waals surface area contributed by atoms with Gasteiger partial charge in [0.1, 0.15) is 5.75 Å². The summed E-state index contributed by atoms with van der Waals surface area (Å²) < 4.78 is 5.29. The first-order valence-electron chi connectivity index (χ1n) is 13.5. The highest BCUT2D eigenvalue weighted by Gasteiger charge is 2.30. The van der Waals surface area contributed by atoms with Crippen LogP contribution in [0.2, 0.25) is 0 Å². The van der Waals surface area contributed by atoms with Crippen molar-refractivity contribution in [1.29, 1.82) is 0 Å². The molecule has 0 aromatic heterocycles. The van der Waals surface area contributed by atoms with Crippen LogP contribution in [0.5, 0.6) is 5.75 Å². The number of aliphatic hydroxyl groups excluding tert-OH is 1. The summed E-state index contributed by atoms with van der Waals surface area (Å²) in [6.45, 7) is 9.08. The van der Waals surface area contributed by atoms with E-state index >= 15 is 0 Å². The second-order valence-corrected chi connectivity index (χ2v) is 10.6. The Balaban J connectivity index is 1.22. The highest BCUT2D eigenvalue weighted by atomic mass is 16.5. The van der Waals surface area contributed by atoms with E-state index in [2.05, 4.69) is 61.2 Å². The Hall–Kier alpha value is -2.63. The lowest BCUT2D eigenvalue weighted by Crippen LogP contribution is -2.44. The van der Waals surface area contributed by atoms with Gasteiger partial charge in [0.25, 0.3) is 0 Å². The number of hydrogen-bond donors (Lipinski definition) is 1. The highest BCUT2D eigenvalue weighted by Crippen LogP contribution is 2.31. The molecule has 4 rings (SSSR count). The number of ether oxygens (including phenoxy) is 1. The van der Waals surface area contributed by atoms with Crippen molar-refractivity contribution in [1.82, 2.24) is 9.80 Å². The van der Waals surface area contributed by atoms with Gasteiger partial charge in [-0.05, 0) is 111 Å². The molecule has 0 radical (unpaired) electrons. The molecule has 5 nitrogen and oxygen atoms in total. The van der Waals surface area contributed by atoms with E-state index in [1.165, 1.54) is 16.7 Å². The summed E-state index contributed by atoms with van der Waals surface area (Å²) in [5, 5.41) is 10.2. The second kappa shape index (κ2) is 12.6. The third kappa shape index (κ3) is 6.77. The predicted octanol–water partition coefficient (Wildman–Crippen LogP) is 5.05. The fourth-order valence-electron chi connectivity index (χ4n) is 5.74. The minimum Gasteiger partial charge on any atom is -0.497 e. The average Bonchev–Trinajstić information content (AvgIpc) is 2.92. The quantitative estimate of drug-likeness (QED) is 0.526. The van der Waals surface area contributed by atoms with E-state index in [0.29, 0.717) is 11.8 Å². The van der Waals surface area contributed by atoms with Crippen LogP contribution in [0.15, 0.2) is 48.5 Å². The molecule has 36 heavy (non-hydrogen) atoms. The molecule has 2 fully saturated rings. The number of piperidine rings is 2. The number of carbonyl (C=O) groups is 1. The maximum atomic E-state index is 12.7. The molecular weight excluding hydrogens is 448 g/mol. The molecule has 1 amide bonds. The first kappa shape index (κ1) is 26.4. The first-order valence-corrected chi connectivity index (χ1v) is 13.5. The molecule has 2 heterocycles. The number of rotatable bonds is 8. The molecule has 2 saturated heterocycles. The van der Waals surface area contributed by atoms with E-state index in [1.807, 2.05) is 11.0 Å². The zero-order valence-electron chi connectivity index (χ0n) is 22.2. The van der Waals surface area contributed by atoms with Gasteiger partial charge in [-0.2, -0.15) is 0 Å². The number of aliphatic hydroxyl groups is 1. The largest absolute Gasteiger partial charge is 0.497 e. The summed E-state index contributed by atoms with van der Waals surface area (Å²) in [7, 11) is 1.71. The van der Waals surface area contributed by atoms with Crippen molar-refractivity contribution in [2.75, 3.05) is 46.4 Å². The Labute approximate surface area is 216 Å². The predicted molar refractivity (Wildman–Crippen MR) is 146 cm³/mol. The zero-order valence-corrected chi connectivity index (χ0v) is 22.2. The van der Waals surface area contributed by atoms with E-state index in [-0.39, 0.29) is 18.4 Å². The Bertz CT molecular complexity index is 1020. The lowest BCUT2D eigenvalue weighted by atomic mass is 9.83. The van der Waals surface area contributed by atoms with Gasteiger partial charge in [0.15, 0.2) is 0 Å². The number of amides is 1. The molecule has 2 aliphatic heterocycles. The summed E-state index contributed by atoms with van der Waals surface area (Å²) in [5.41, 5.74) is 4.97. The monoisotopic (exact) mass is 490 g/mol. The molecule has 2 aromatic carbocycles. The van der Waals surface area contributed by atoms with Crippen molar-refractivity contribution in [2.24, 2.45) is 11.8 Å². The van der Waals surface area contributed by atoms with Gasteiger partial charge < -0.3 is 19.6 Å². The molecule has 2 aromatic rings. The lowest BCUT2D eigenvalue weighted by Gasteiger charge is -2.39. The minimum atomic E-state index is 0.0906. The van der Waals surface area contributed by atoms with Crippen LogP contribution < -0.4 is 4.74 Å². The van der Waals surface area contributed by atoms with Gasteiger partial charge >= 0.3 is 0 Å². The van der Waals surface area contributed by atoms with Gasteiger partial charge in [-0.1, -0.05) is 30.3 Å². The van der Waals surface area contributed by atoms with Gasteiger partial charge in [-0.25, -0.2) is 0 Å². The lowest BCUT2D eigenvalue weighted by molar-refractivity contribution is -0.127. The number of methoxy groups -OCH3 is 1. The number of benzene rings is 2. The number of hydrogen-bond acceptors (Lipinski definition) is 4. The molecule has 0 bridgehead atoms. The Morgan fingerprint density at radius 2 is 1.69 bits per heavy atom. The molecule has 194 valence electrons. The standard InChI is InChI=1S/C31H42N2O3/c1-23-4-5-25(20-24(23)2)6-11-31(35)33-18-14-28(15-19-33)29(22-34)21-32-16-12-27(13-17-32)26-7-9-30(36-3)10-8-26/h4-11,20,27-29,34H,12-19,21-22H2,1-3H3/b11-6+. The Morgan fingerprint density at radius 1 is 1.00 bits per heavy atom. The topological polar surface area (TPSA) is 53.0 Å². The third-order valence-electron chi connectivity index (χ3n) is 8.37. The Kier molecular flexibility index (Phi) is 9.22. The van der Waals surface area contributed by atoms with Crippen LogP contribution in [-0.2, 0) is 4.79 Å². The summed E-state index contributed by atoms with van der Waals surface area (Å²) in [4.78, 5) is 17.2. The van der Waals surface area contributed by atoms with E-state index in [9.17, 15) is 9.90 Å². The smallest absolute Gasteiger partial charge is 0.246 e.